The summed E-state index contributed by atoms with van der Waals surface area (Å²) in [6.45, 7) is 1.82. The molecule has 1 aromatic rings. The maximum Gasteiger partial charge on any atom is 0.232 e. The number of hydrogen-bond acceptors (Lipinski definition) is 4. The van der Waals surface area contributed by atoms with Crippen LogP contribution in [-0.4, -0.2) is 28.3 Å². The molecule has 0 fully saturated rings. The number of nitrogens with one attached hydrogen (secondary N) is 1. The SMILES string of the molecule is COc1cc(C)nc(NC(=O)CCCCBr)n1. The van der Waals surface area contributed by atoms with Crippen molar-refractivity contribution in [1.82, 2.24) is 9.97 Å². The summed E-state index contributed by atoms with van der Waals surface area (Å²) in [5, 5.41) is 3.57. The Hall–Kier alpha value is -1.17. The van der Waals surface area contributed by atoms with E-state index in [1.54, 1.807) is 6.07 Å². The van der Waals surface area contributed by atoms with Gasteiger partial charge in [0.25, 0.3) is 0 Å². The lowest BCUT2D eigenvalue weighted by atomic mass is 10.2. The average molecular weight is 302 g/mol. The van der Waals surface area contributed by atoms with Crippen LogP contribution in [0.3, 0.4) is 0 Å². The topological polar surface area (TPSA) is 64.1 Å². The Morgan fingerprint density at radius 1 is 1.47 bits per heavy atom. The van der Waals surface area contributed by atoms with Crippen LogP contribution in [0.4, 0.5) is 5.95 Å². The zero-order chi connectivity index (χ0) is 12.7. The summed E-state index contributed by atoms with van der Waals surface area (Å²) in [6, 6.07) is 1.71. The molecule has 17 heavy (non-hydrogen) atoms. The number of carbonyl (C=O) groups is 1. The van der Waals surface area contributed by atoms with E-state index in [9.17, 15) is 4.79 Å². The van der Waals surface area contributed by atoms with Crippen LogP contribution in [-0.2, 0) is 4.79 Å². The number of amides is 1. The van der Waals surface area contributed by atoms with Crippen LogP contribution in [0.2, 0.25) is 0 Å². The van der Waals surface area contributed by atoms with Gasteiger partial charge in [-0.05, 0) is 19.8 Å². The molecule has 0 bridgehead atoms. The lowest BCUT2D eigenvalue weighted by molar-refractivity contribution is -0.116. The van der Waals surface area contributed by atoms with Crippen molar-refractivity contribution >= 4 is 27.8 Å². The number of hydrogen-bond donors (Lipinski definition) is 1. The number of carbonyl (C=O) groups excluding carboxylic acids is 1. The maximum absolute atomic E-state index is 11.6. The van der Waals surface area contributed by atoms with E-state index in [-0.39, 0.29) is 5.91 Å². The van der Waals surface area contributed by atoms with Gasteiger partial charge in [0.05, 0.1) is 7.11 Å². The minimum atomic E-state index is -0.0707. The number of aryl methyl sites for hydroxylation is 1. The number of nitrogens with zero attached hydrogens (tertiary/aromatic N) is 2. The highest BCUT2D eigenvalue weighted by atomic mass is 79.9. The maximum atomic E-state index is 11.6. The van der Waals surface area contributed by atoms with Crippen LogP contribution in [0.15, 0.2) is 6.07 Å². The summed E-state index contributed by atoms with van der Waals surface area (Å²) in [6.07, 6.45) is 2.30. The van der Waals surface area contributed by atoms with Crippen LogP contribution < -0.4 is 10.1 Å². The number of unbranched alkanes of at least 4 members (excludes halogenated alkanes) is 1. The minimum absolute atomic E-state index is 0.0707. The van der Waals surface area contributed by atoms with Gasteiger partial charge in [-0.15, -0.1) is 0 Å². The number of ether oxygens (including phenoxy) is 1. The smallest absolute Gasteiger partial charge is 0.232 e. The zero-order valence-corrected chi connectivity index (χ0v) is 11.6. The van der Waals surface area contributed by atoms with Gasteiger partial charge in [-0.3, -0.25) is 10.1 Å². The summed E-state index contributed by atoms with van der Waals surface area (Å²) in [5.74, 6) is 0.678. The first-order valence-electron chi connectivity index (χ1n) is 5.41. The third-order valence-electron chi connectivity index (χ3n) is 2.08. The lowest BCUT2D eigenvalue weighted by Gasteiger charge is -2.06. The van der Waals surface area contributed by atoms with Crippen LogP contribution in [0.25, 0.3) is 0 Å². The van der Waals surface area contributed by atoms with E-state index in [2.05, 4.69) is 31.2 Å². The Labute approximate surface area is 109 Å². The summed E-state index contributed by atoms with van der Waals surface area (Å²) < 4.78 is 5.01. The molecule has 0 unspecified atom stereocenters. The second-order valence-corrected chi connectivity index (χ2v) is 4.36. The molecule has 1 N–H and O–H groups in total. The van der Waals surface area contributed by atoms with E-state index >= 15 is 0 Å². The van der Waals surface area contributed by atoms with Gasteiger partial charge in [0.1, 0.15) is 0 Å². The fourth-order valence-corrected chi connectivity index (χ4v) is 1.66. The Morgan fingerprint density at radius 3 is 2.88 bits per heavy atom. The number of aromatic nitrogens is 2. The van der Waals surface area contributed by atoms with E-state index in [1.165, 1.54) is 7.11 Å². The minimum Gasteiger partial charge on any atom is -0.481 e. The van der Waals surface area contributed by atoms with Crippen molar-refractivity contribution in [1.29, 1.82) is 0 Å². The molecule has 0 saturated carbocycles. The molecule has 1 aromatic heterocycles. The fourth-order valence-electron chi connectivity index (χ4n) is 1.27. The van der Waals surface area contributed by atoms with Crippen molar-refractivity contribution in [3.05, 3.63) is 11.8 Å². The third-order valence-corrected chi connectivity index (χ3v) is 2.64. The van der Waals surface area contributed by atoms with Gasteiger partial charge in [-0.2, -0.15) is 4.98 Å². The molecule has 0 spiro atoms. The van der Waals surface area contributed by atoms with E-state index in [0.29, 0.717) is 18.2 Å². The molecule has 1 amide bonds. The van der Waals surface area contributed by atoms with E-state index < -0.39 is 0 Å². The molecule has 1 heterocycles. The van der Waals surface area contributed by atoms with Crippen molar-refractivity contribution in [2.75, 3.05) is 17.8 Å². The number of rotatable bonds is 6. The van der Waals surface area contributed by atoms with Gasteiger partial charge >= 0.3 is 0 Å². The van der Waals surface area contributed by atoms with Crippen molar-refractivity contribution in [3.63, 3.8) is 0 Å². The quantitative estimate of drug-likeness (QED) is 0.647. The van der Waals surface area contributed by atoms with Gasteiger partial charge in [0.2, 0.25) is 17.7 Å². The molecule has 0 aliphatic rings. The predicted octanol–water partition coefficient (Wildman–Crippen LogP) is 2.30. The average Bonchev–Trinajstić information content (AvgIpc) is 2.28. The van der Waals surface area contributed by atoms with E-state index in [4.69, 9.17) is 4.74 Å². The first kappa shape index (κ1) is 13.9. The fraction of sp³-hybridized carbons (Fsp3) is 0.545. The van der Waals surface area contributed by atoms with Crippen LogP contribution in [0, 0.1) is 6.92 Å². The van der Waals surface area contributed by atoms with Gasteiger partial charge in [-0.1, -0.05) is 15.9 Å². The zero-order valence-electron chi connectivity index (χ0n) is 9.99. The molecule has 0 aliphatic carbocycles. The molecule has 0 radical (unpaired) electrons. The standard InChI is InChI=1S/C11H16BrN3O2/c1-8-7-10(17-2)15-11(13-8)14-9(16)5-3-4-6-12/h7H,3-6H2,1-2H3,(H,13,14,15,16). The molecule has 5 nitrogen and oxygen atoms in total. The Kier molecular flexibility index (Phi) is 5.90. The number of methoxy groups -OCH3 is 1. The van der Waals surface area contributed by atoms with Crippen LogP contribution in [0.1, 0.15) is 25.0 Å². The number of alkyl halides is 1. The third kappa shape index (κ3) is 5.12. The second-order valence-electron chi connectivity index (χ2n) is 3.57. The monoisotopic (exact) mass is 301 g/mol. The first-order valence-corrected chi connectivity index (χ1v) is 6.53. The first-order chi connectivity index (χ1) is 8.15. The molecule has 0 atom stereocenters. The summed E-state index contributed by atoms with van der Waals surface area (Å²) >= 11 is 3.32. The predicted molar refractivity (Wildman–Crippen MR) is 69.6 cm³/mol. The Balaban J connectivity index is 2.55. The highest BCUT2D eigenvalue weighted by molar-refractivity contribution is 9.09. The van der Waals surface area contributed by atoms with Gasteiger partial charge in [-0.25, -0.2) is 4.98 Å². The normalized spacial score (nSPS) is 10.1. The van der Waals surface area contributed by atoms with E-state index in [1.807, 2.05) is 6.92 Å². The Bertz CT molecular complexity index is 385. The number of halogens is 1. The second kappa shape index (κ2) is 7.21. The molecule has 0 saturated heterocycles. The summed E-state index contributed by atoms with van der Waals surface area (Å²) in [7, 11) is 1.53. The highest BCUT2D eigenvalue weighted by Crippen LogP contribution is 2.11. The van der Waals surface area contributed by atoms with Gasteiger partial charge in [0, 0.05) is 23.5 Å². The highest BCUT2D eigenvalue weighted by Gasteiger charge is 2.06. The summed E-state index contributed by atoms with van der Waals surface area (Å²) in [5.41, 5.74) is 0.757. The van der Waals surface area contributed by atoms with Gasteiger partial charge in [0.15, 0.2) is 0 Å². The molecule has 1 rings (SSSR count). The summed E-state index contributed by atoms with van der Waals surface area (Å²) in [4.78, 5) is 19.7. The van der Waals surface area contributed by atoms with Crippen molar-refractivity contribution < 1.29 is 9.53 Å². The molecule has 6 heteroatoms. The van der Waals surface area contributed by atoms with Crippen molar-refractivity contribution in [2.45, 2.75) is 26.2 Å². The van der Waals surface area contributed by atoms with Gasteiger partial charge < -0.3 is 4.74 Å². The molecule has 0 aliphatic heterocycles. The van der Waals surface area contributed by atoms with Crippen LogP contribution in [0.5, 0.6) is 5.88 Å². The molecule has 94 valence electrons. The van der Waals surface area contributed by atoms with Crippen molar-refractivity contribution in [2.24, 2.45) is 0 Å². The number of anilines is 1. The Morgan fingerprint density at radius 2 is 2.24 bits per heavy atom. The molecular weight excluding hydrogens is 286 g/mol. The van der Waals surface area contributed by atoms with E-state index in [0.717, 1.165) is 23.9 Å². The molecule has 0 aromatic carbocycles. The lowest BCUT2D eigenvalue weighted by Crippen LogP contribution is -2.14. The van der Waals surface area contributed by atoms with Crippen LogP contribution >= 0.6 is 15.9 Å². The largest absolute Gasteiger partial charge is 0.481 e. The van der Waals surface area contributed by atoms with Crippen molar-refractivity contribution in [3.8, 4) is 5.88 Å². The molecular formula is C11H16BrN3O2.